The van der Waals surface area contributed by atoms with E-state index in [0.29, 0.717) is 18.6 Å². The second-order valence-corrected chi connectivity index (χ2v) is 4.96. The third-order valence-electron chi connectivity index (χ3n) is 2.63. The van der Waals surface area contributed by atoms with Gasteiger partial charge in [-0.05, 0) is 38.8 Å². The number of hydrogen-bond donors (Lipinski definition) is 2. The molecule has 0 heterocycles. The minimum Gasteiger partial charge on any atom is -0.491 e. The fraction of sp³-hybridized carbons (Fsp3) is 0.467. The number of unbranched alkanes of at least 4 members (excludes halogenated alkanes) is 1. The molecule has 0 atom stereocenters. The molecule has 0 radical (unpaired) electrons. The lowest BCUT2D eigenvalue weighted by molar-refractivity contribution is -0.137. The zero-order valence-electron chi connectivity index (χ0n) is 12.2. The number of carboxylic acid groups (broad SMARTS) is 1. The van der Waals surface area contributed by atoms with Crippen molar-refractivity contribution in [3.63, 3.8) is 0 Å². The molecular weight excluding hydrogens is 277 g/mol. The predicted molar refractivity (Wildman–Crippen MR) is 76.9 cm³/mol. The number of carbonyl (C=O) groups excluding carboxylic acids is 1. The summed E-state index contributed by atoms with van der Waals surface area (Å²) in [5, 5.41) is 10.9. The summed E-state index contributed by atoms with van der Waals surface area (Å²) < 4.78 is 19.1. The van der Waals surface area contributed by atoms with Crippen LogP contribution in [0, 0.1) is 5.82 Å². The average Bonchev–Trinajstić information content (AvgIpc) is 2.37. The van der Waals surface area contributed by atoms with Crippen LogP contribution in [0.3, 0.4) is 0 Å². The largest absolute Gasteiger partial charge is 0.491 e. The lowest BCUT2D eigenvalue weighted by Crippen LogP contribution is -2.13. The standard InChI is InChI=1S/C15H20FNO4/c1-10(2)21-11-7-8-13(12(16)9-11)17-14(18)5-3-4-6-15(19)20/h7-10H,3-6H2,1-2H3,(H,17,18)(H,19,20). The Labute approximate surface area is 123 Å². The summed E-state index contributed by atoms with van der Waals surface area (Å²) in [6, 6.07) is 4.26. The van der Waals surface area contributed by atoms with Crippen molar-refractivity contribution in [3.8, 4) is 5.75 Å². The van der Waals surface area contributed by atoms with E-state index >= 15 is 0 Å². The molecular formula is C15H20FNO4. The molecule has 0 aliphatic carbocycles. The lowest BCUT2D eigenvalue weighted by atomic mass is 10.2. The van der Waals surface area contributed by atoms with Gasteiger partial charge in [0.15, 0.2) is 0 Å². The number of hydrogen-bond acceptors (Lipinski definition) is 3. The fourth-order valence-electron chi connectivity index (χ4n) is 1.72. The molecule has 1 aromatic rings. The molecule has 0 fully saturated rings. The predicted octanol–water partition coefficient (Wildman–Crippen LogP) is 3.20. The number of halogens is 1. The lowest BCUT2D eigenvalue weighted by Gasteiger charge is -2.11. The maximum absolute atomic E-state index is 13.8. The van der Waals surface area contributed by atoms with Crippen molar-refractivity contribution in [1.29, 1.82) is 0 Å². The monoisotopic (exact) mass is 297 g/mol. The summed E-state index contributed by atoms with van der Waals surface area (Å²) in [6.07, 6.45) is 1.01. The Kier molecular flexibility index (Phi) is 6.65. The highest BCUT2D eigenvalue weighted by atomic mass is 19.1. The number of rotatable bonds is 8. The van der Waals surface area contributed by atoms with E-state index < -0.39 is 11.8 Å². The van der Waals surface area contributed by atoms with Crippen LogP contribution in [0.2, 0.25) is 0 Å². The van der Waals surface area contributed by atoms with Crippen LogP contribution in [0.15, 0.2) is 18.2 Å². The third kappa shape index (κ3) is 6.74. The Hall–Kier alpha value is -2.11. The third-order valence-corrected chi connectivity index (χ3v) is 2.63. The highest BCUT2D eigenvalue weighted by molar-refractivity contribution is 5.90. The minimum absolute atomic E-state index is 0.0306. The van der Waals surface area contributed by atoms with Gasteiger partial charge >= 0.3 is 5.97 Å². The highest BCUT2D eigenvalue weighted by Gasteiger charge is 2.09. The molecule has 116 valence electrons. The highest BCUT2D eigenvalue weighted by Crippen LogP contribution is 2.21. The Balaban J connectivity index is 2.47. The summed E-state index contributed by atoms with van der Waals surface area (Å²) in [5.41, 5.74) is 0.0920. The van der Waals surface area contributed by atoms with E-state index in [-0.39, 0.29) is 30.5 Å². The van der Waals surface area contributed by atoms with Gasteiger partial charge in [0.1, 0.15) is 11.6 Å². The van der Waals surface area contributed by atoms with Crippen LogP contribution >= 0.6 is 0 Å². The summed E-state index contributed by atoms with van der Waals surface area (Å²) in [7, 11) is 0. The van der Waals surface area contributed by atoms with Gasteiger partial charge in [0, 0.05) is 18.9 Å². The number of nitrogens with one attached hydrogen (secondary N) is 1. The first kappa shape index (κ1) is 16.9. The molecule has 6 heteroatoms. The molecule has 0 unspecified atom stereocenters. The Morgan fingerprint density at radius 2 is 1.95 bits per heavy atom. The smallest absolute Gasteiger partial charge is 0.303 e. The topological polar surface area (TPSA) is 75.6 Å². The van der Waals surface area contributed by atoms with E-state index in [9.17, 15) is 14.0 Å². The van der Waals surface area contributed by atoms with E-state index in [0.717, 1.165) is 0 Å². The molecule has 1 aromatic carbocycles. The molecule has 0 saturated heterocycles. The first-order valence-corrected chi connectivity index (χ1v) is 6.86. The van der Waals surface area contributed by atoms with Gasteiger partial charge in [-0.25, -0.2) is 4.39 Å². The van der Waals surface area contributed by atoms with Crippen LogP contribution in [-0.4, -0.2) is 23.1 Å². The van der Waals surface area contributed by atoms with Crippen molar-refractivity contribution in [2.75, 3.05) is 5.32 Å². The van der Waals surface area contributed by atoms with Gasteiger partial charge in [-0.2, -0.15) is 0 Å². The fourth-order valence-corrected chi connectivity index (χ4v) is 1.72. The molecule has 0 bridgehead atoms. The molecule has 5 nitrogen and oxygen atoms in total. The summed E-state index contributed by atoms with van der Waals surface area (Å²) >= 11 is 0. The molecule has 21 heavy (non-hydrogen) atoms. The molecule has 0 aliphatic rings. The molecule has 1 rings (SSSR count). The Bertz CT molecular complexity index is 502. The van der Waals surface area contributed by atoms with Gasteiger partial charge in [-0.1, -0.05) is 0 Å². The van der Waals surface area contributed by atoms with Crippen LogP contribution in [0.1, 0.15) is 39.5 Å². The maximum atomic E-state index is 13.8. The second kappa shape index (κ2) is 8.24. The Morgan fingerprint density at radius 1 is 1.29 bits per heavy atom. The number of amides is 1. The summed E-state index contributed by atoms with van der Waals surface area (Å²) in [4.78, 5) is 21.9. The second-order valence-electron chi connectivity index (χ2n) is 4.96. The zero-order valence-corrected chi connectivity index (χ0v) is 12.2. The van der Waals surface area contributed by atoms with E-state index in [1.807, 2.05) is 13.8 Å². The van der Waals surface area contributed by atoms with Crippen LogP contribution in [0.5, 0.6) is 5.75 Å². The van der Waals surface area contributed by atoms with Gasteiger partial charge < -0.3 is 15.2 Å². The number of carboxylic acids is 1. The van der Waals surface area contributed by atoms with Crippen molar-refractivity contribution < 1.29 is 23.8 Å². The van der Waals surface area contributed by atoms with Crippen LogP contribution in [0.4, 0.5) is 10.1 Å². The number of benzene rings is 1. The maximum Gasteiger partial charge on any atom is 0.303 e. The summed E-state index contributed by atoms with van der Waals surface area (Å²) in [5.74, 6) is -1.38. The SMILES string of the molecule is CC(C)Oc1ccc(NC(=O)CCCCC(=O)O)c(F)c1. The first-order valence-electron chi connectivity index (χ1n) is 6.86. The summed E-state index contributed by atoms with van der Waals surface area (Å²) in [6.45, 7) is 3.68. The van der Waals surface area contributed by atoms with Gasteiger partial charge in [-0.3, -0.25) is 9.59 Å². The first-order chi connectivity index (χ1) is 9.88. The Morgan fingerprint density at radius 3 is 2.52 bits per heavy atom. The van der Waals surface area contributed by atoms with Crippen molar-refractivity contribution in [2.45, 2.75) is 45.6 Å². The van der Waals surface area contributed by atoms with Gasteiger partial charge in [0.05, 0.1) is 11.8 Å². The number of anilines is 1. The number of carbonyl (C=O) groups is 2. The van der Waals surface area contributed by atoms with E-state index in [1.54, 1.807) is 6.07 Å². The minimum atomic E-state index is -0.887. The number of aliphatic carboxylic acids is 1. The van der Waals surface area contributed by atoms with Crippen LogP contribution in [0.25, 0.3) is 0 Å². The van der Waals surface area contributed by atoms with Crippen molar-refractivity contribution in [2.24, 2.45) is 0 Å². The normalized spacial score (nSPS) is 10.5. The van der Waals surface area contributed by atoms with Crippen molar-refractivity contribution in [1.82, 2.24) is 0 Å². The average molecular weight is 297 g/mol. The van der Waals surface area contributed by atoms with Gasteiger partial charge in [0.2, 0.25) is 5.91 Å². The van der Waals surface area contributed by atoms with E-state index in [2.05, 4.69) is 5.32 Å². The van der Waals surface area contributed by atoms with E-state index in [1.165, 1.54) is 12.1 Å². The molecule has 0 aliphatic heterocycles. The molecule has 2 N–H and O–H groups in total. The van der Waals surface area contributed by atoms with Gasteiger partial charge in [0.25, 0.3) is 0 Å². The number of ether oxygens (including phenoxy) is 1. The molecule has 0 spiro atoms. The van der Waals surface area contributed by atoms with Gasteiger partial charge in [-0.15, -0.1) is 0 Å². The van der Waals surface area contributed by atoms with Crippen molar-refractivity contribution in [3.05, 3.63) is 24.0 Å². The molecule has 1 amide bonds. The quantitative estimate of drug-likeness (QED) is 0.722. The zero-order chi connectivity index (χ0) is 15.8. The van der Waals surface area contributed by atoms with Crippen LogP contribution < -0.4 is 10.1 Å². The molecule has 0 aromatic heterocycles. The molecule has 0 saturated carbocycles. The van der Waals surface area contributed by atoms with E-state index in [4.69, 9.17) is 9.84 Å². The van der Waals surface area contributed by atoms with Crippen LogP contribution in [-0.2, 0) is 9.59 Å². The van der Waals surface area contributed by atoms with Crippen molar-refractivity contribution >= 4 is 17.6 Å².